The Morgan fingerprint density at radius 2 is 2.08 bits per heavy atom. The molecule has 1 aromatic heterocycles. The Morgan fingerprint density at radius 3 is 2.50 bits per heavy atom. The van der Waals surface area contributed by atoms with Gasteiger partial charge in [-0.05, 0) is 28.1 Å². The number of nitrogens with two attached hydrogens (primary N) is 1. The molecule has 4 nitrogen and oxygen atoms in total. The highest BCUT2D eigenvalue weighted by molar-refractivity contribution is 9.10. The van der Waals surface area contributed by atoms with Crippen molar-refractivity contribution < 1.29 is 8.42 Å². The van der Waals surface area contributed by atoms with E-state index in [9.17, 15) is 8.42 Å². The number of hydrogen-bond donors (Lipinski definition) is 1. The first-order valence-corrected chi connectivity index (χ1v) is 5.72. The predicted octanol–water partition coefficient (Wildman–Crippen LogP) is 0.830. The molecule has 0 aliphatic rings. The molecule has 66 valence electrons. The quantitative estimate of drug-likeness (QED) is 0.750. The molecule has 1 heterocycles. The lowest BCUT2D eigenvalue weighted by atomic mass is 10.5. The smallest absolute Gasteiger partial charge is 0.179 e. The van der Waals surface area contributed by atoms with Crippen LogP contribution in [0.15, 0.2) is 21.6 Å². The fourth-order valence-electron chi connectivity index (χ4n) is 0.751. The lowest BCUT2D eigenvalue weighted by molar-refractivity contribution is 0.602. The first-order valence-electron chi connectivity index (χ1n) is 3.03. The molecule has 0 spiro atoms. The van der Waals surface area contributed by atoms with Crippen LogP contribution in [0, 0.1) is 0 Å². The number of hydrogen-bond acceptors (Lipinski definition) is 4. The van der Waals surface area contributed by atoms with Crippen molar-refractivity contribution in [2.24, 2.45) is 0 Å². The molecule has 0 aliphatic heterocycles. The fraction of sp³-hybridized carbons (Fsp3) is 0.167. The number of pyridine rings is 1. The van der Waals surface area contributed by atoms with Gasteiger partial charge < -0.3 is 5.73 Å². The first kappa shape index (κ1) is 9.47. The molecule has 0 aliphatic carbocycles. The van der Waals surface area contributed by atoms with Crippen LogP contribution in [0.5, 0.6) is 0 Å². The third kappa shape index (κ3) is 1.95. The van der Waals surface area contributed by atoms with Gasteiger partial charge in [-0.3, -0.25) is 0 Å². The fourth-order valence-corrected chi connectivity index (χ4v) is 1.81. The molecule has 0 bridgehead atoms. The maximum Gasteiger partial charge on any atom is 0.179 e. The number of rotatable bonds is 1. The van der Waals surface area contributed by atoms with Gasteiger partial charge in [0.15, 0.2) is 9.84 Å². The van der Waals surface area contributed by atoms with E-state index in [-0.39, 0.29) is 10.7 Å². The van der Waals surface area contributed by atoms with Gasteiger partial charge in [-0.15, -0.1) is 0 Å². The number of sulfone groups is 1. The summed E-state index contributed by atoms with van der Waals surface area (Å²) >= 11 is 3.08. The van der Waals surface area contributed by atoms with Crippen molar-refractivity contribution in [3.8, 4) is 0 Å². The molecule has 0 saturated heterocycles. The van der Waals surface area contributed by atoms with E-state index in [1.165, 1.54) is 12.1 Å². The summed E-state index contributed by atoms with van der Waals surface area (Å²) in [7, 11) is -3.26. The average Bonchev–Trinajstić information content (AvgIpc) is 1.83. The van der Waals surface area contributed by atoms with Crippen LogP contribution in [0.3, 0.4) is 0 Å². The first-order chi connectivity index (χ1) is 5.41. The van der Waals surface area contributed by atoms with Gasteiger partial charge in [-0.1, -0.05) is 0 Å². The number of nitrogen functional groups attached to an aromatic ring is 1. The molecule has 0 saturated carbocycles. The van der Waals surface area contributed by atoms with E-state index in [1.54, 1.807) is 0 Å². The third-order valence-electron chi connectivity index (χ3n) is 1.25. The van der Waals surface area contributed by atoms with Gasteiger partial charge in [-0.25, -0.2) is 13.4 Å². The van der Waals surface area contributed by atoms with E-state index in [4.69, 9.17) is 5.73 Å². The Kier molecular flexibility index (Phi) is 2.39. The molecule has 0 unspecified atom stereocenters. The summed E-state index contributed by atoms with van der Waals surface area (Å²) in [6, 6.07) is 2.95. The maximum absolute atomic E-state index is 11.0. The van der Waals surface area contributed by atoms with Crippen molar-refractivity contribution in [1.82, 2.24) is 4.98 Å². The molecule has 0 aromatic carbocycles. The van der Waals surface area contributed by atoms with Crippen molar-refractivity contribution in [1.29, 1.82) is 0 Å². The van der Waals surface area contributed by atoms with Gasteiger partial charge in [0.1, 0.15) is 15.3 Å². The van der Waals surface area contributed by atoms with Crippen LogP contribution in [0.4, 0.5) is 5.82 Å². The number of aromatic nitrogens is 1. The summed E-state index contributed by atoms with van der Waals surface area (Å²) in [6.07, 6.45) is 1.09. The van der Waals surface area contributed by atoms with E-state index in [2.05, 4.69) is 20.9 Å². The van der Waals surface area contributed by atoms with E-state index in [0.29, 0.717) is 4.60 Å². The largest absolute Gasteiger partial charge is 0.383 e. The Labute approximate surface area is 78.8 Å². The second-order valence-electron chi connectivity index (χ2n) is 2.29. The van der Waals surface area contributed by atoms with Crippen LogP contribution in [0.25, 0.3) is 0 Å². The van der Waals surface area contributed by atoms with Crippen molar-refractivity contribution >= 4 is 31.6 Å². The van der Waals surface area contributed by atoms with Crippen LogP contribution in [-0.4, -0.2) is 19.7 Å². The van der Waals surface area contributed by atoms with Gasteiger partial charge >= 0.3 is 0 Å². The minimum atomic E-state index is -3.26. The summed E-state index contributed by atoms with van der Waals surface area (Å²) in [5.41, 5.74) is 5.39. The number of nitrogens with zero attached hydrogens (tertiary/aromatic N) is 1. The van der Waals surface area contributed by atoms with Crippen molar-refractivity contribution in [2.45, 2.75) is 4.90 Å². The van der Waals surface area contributed by atoms with E-state index < -0.39 is 9.84 Å². The maximum atomic E-state index is 11.0. The minimum Gasteiger partial charge on any atom is -0.383 e. The topological polar surface area (TPSA) is 73.0 Å². The van der Waals surface area contributed by atoms with E-state index >= 15 is 0 Å². The molecular weight excluding hydrogens is 244 g/mol. The highest BCUT2D eigenvalue weighted by Gasteiger charge is 2.11. The van der Waals surface area contributed by atoms with Gasteiger partial charge in [0.05, 0.1) is 0 Å². The zero-order chi connectivity index (χ0) is 9.35. The van der Waals surface area contributed by atoms with Crippen LogP contribution in [0.1, 0.15) is 0 Å². The zero-order valence-electron chi connectivity index (χ0n) is 6.28. The summed E-state index contributed by atoms with van der Waals surface area (Å²) in [5, 5.41) is 0. The summed E-state index contributed by atoms with van der Waals surface area (Å²) < 4.78 is 22.6. The van der Waals surface area contributed by atoms with Gasteiger partial charge in [0.25, 0.3) is 0 Å². The normalized spacial score (nSPS) is 11.5. The molecule has 0 fully saturated rings. The second-order valence-corrected chi connectivity index (χ2v) is 5.09. The van der Waals surface area contributed by atoms with Crippen molar-refractivity contribution in [3.63, 3.8) is 0 Å². The Balaban J connectivity index is 3.39. The van der Waals surface area contributed by atoms with E-state index in [0.717, 1.165) is 6.26 Å². The predicted molar refractivity (Wildman–Crippen MR) is 49.5 cm³/mol. The molecule has 1 aromatic rings. The number of halogens is 1. The van der Waals surface area contributed by atoms with Crippen molar-refractivity contribution in [2.75, 3.05) is 12.0 Å². The Morgan fingerprint density at radius 1 is 1.50 bits per heavy atom. The summed E-state index contributed by atoms with van der Waals surface area (Å²) in [5.74, 6) is 0.0203. The van der Waals surface area contributed by atoms with E-state index in [1.807, 2.05) is 0 Å². The Hall–Kier alpha value is -0.620. The lowest BCUT2D eigenvalue weighted by Gasteiger charge is -2.01. The minimum absolute atomic E-state index is 0.0203. The molecule has 1 rings (SSSR count). The SMILES string of the molecule is CS(=O)(=O)c1ccc(Br)nc1N. The average molecular weight is 251 g/mol. The molecule has 12 heavy (non-hydrogen) atoms. The molecule has 0 amide bonds. The van der Waals surface area contributed by atoms with Crippen LogP contribution in [0.2, 0.25) is 0 Å². The summed E-state index contributed by atoms with van der Waals surface area (Å²) in [4.78, 5) is 3.82. The molecule has 0 atom stereocenters. The van der Waals surface area contributed by atoms with Crippen LogP contribution >= 0.6 is 15.9 Å². The molecule has 6 heteroatoms. The Bertz CT molecular complexity index is 402. The molecular formula is C6H7BrN2O2S. The second kappa shape index (κ2) is 3.02. The monoisotopic (exact) mass is 250 g/mol. The van der Waals surface area contributed by atoms with Crippen LogP contribution < -0.4 is 5.73 Å². The highest BCUT2D eigenvalue weighted by Crippen LogP contribution is 2.18. The molecule has 0 radical (unpaired) electrons. The van der Waals surface area contributed by atoms with Gasteiger partial charge in [0, 0.05) is 6.26 Å². The zero-order valence-corrected chi connectivity index (χ0v) is 8.68. The third-order valence-corrected chi connectivity index (χ3v) is 2.84. The highest BCUT2D eigenvalue weighted by atomic mass is 79.9. The number of anilines is 1. The lowest BCUT2D eigenvalue weighted by Crippen LogP contribution is -2.04. The molecule has 2 N–H and O–H groups in total. The van der Waals surface area contributed by atoms with Crippen LogP contribution in [-0.2, 0) is 9.84 Å². The standard InChI is InChI=1S/C6H7BrN2O2S/c1-12(10,11)4-2-3-5(7)9-6(4)8/h2-3H,1H3,(H2,8,9). The summed E-state index contributed by atoms with van der Waals surface area (Å²) in [6.45, 7) is 0. The van der Waals surface area contributed by atoms with Gasteiger partial charge in [0.2, 0.25) is 0 Å². The van der Waals surface area contributed by atoms with Gasteiger partial charge in [-0.2, -0.15) is 0 Å². The van der Waals surface area contributed by atoms with Crippen molar-refractivity contribution in [3.05, 3.63) is 16.7 Å².